The molecule has 1 rings (SSSR count). The van der Waals surface area contributed by atoms with Gasteiger partial charge in [0.15, 0.2) is 0 Å². The molecule has 0 saturated carbocycles. The number of hydrogen-bond acceptors (Lipinski definition) is 2. The van der Waals surface area contributed by atoms with Crippen LogP contribution in [-0.4, -0.2) is 11.9 Å². The minimum Gasteiger partial charge on any atom is -0.325 e. The van der Waals surface area contributed by atoms with Crippen molar-refractivity contribution < 1.29 is 9.18 Å². The van der Waals surface area contributed by atoms with Crippen LogP contribution in [0, 0.1) is 11.7 Å². The van der Waals surface area contributed by atoms with Crippen LogP contribution in [0.15, 0.2) is 22.7 Å². The zero-order valence-electron chi connectivity index (χ0n) is 9.54. The van der Waals surface area contributed by atoms with Gasteiger partial charge in [0.1, 0.15) is 5.82 Å². The van der Waals surface area contributed by atoms with Gasteiger partial charge in [-0.05, 0) is 40.0 Å². The molecule has 1 aromatic carbocycles. The third-order valence-corrected chi connectivity index (χ3v) is 2.82. The Labute approximate surface area is 114 Å². The normalized spacial score (nSPS) is 11.9. The van der Waals surface area contributed by atoms with Crippen molar-refractivity contribution in [3.05, 3.63) is 28.5 Å². The lowest BCUT2D eigenvalue weighted by molar-refractivity contribution is -0.118. The van der Waals surface area contributed by atoms with Gasteiger partial charge in [0, 0.05) is 5.69 Å². The van der Waals surface area contributed by atoms with Gasteiger partial charge in [-0.3, -0.25) is 4.79 Å². The lowest BCUT2D eigenvalue weighted by Crippen LogP contribution is -2.39. The van der Waals surface area contributed by atoms with Gasteiger partial charge in [0.25, 0.3) is 0 Å². The second-order valence-corrected chi connectivity index (χ2v) is 4.74. The number of carbonyl (C=O) groups is 1. The van der Waals surface area contributed by atoms with Crippen molar-refractivity contribution in [2.75, 3.05) is 5.32 Å². The first-order valence-corrected chi connectivity index (χ1v) is 5.72. The molecular formula is C11H15BrClFN2O. The van der Waals surface area contributed by atoms with Gasteiger partial charge in [-0.25, -0.2) is 4.39 Å². The van der Waals surface area contributed by atoms with E-state index in [1.165, 1.54) is 18.2 Å². The number of hydrogen-bond donors (Lipinski definition) is 2. The fourth-order valence-electron chi connectivity index (χ4n) is 1.10. The second kappa shape index (κ2) is 6.93. The predicted octanol–water partition coefficient (Wildman–Crippen LogP) is 2.93. The van der Waals surface area contributed by atoms with Crippen LogP contribution in [0.5, 0.6) is 0 Å². The molecule has 0 unspecified atom stereocenters. The molecule has 0 aromatic heterocycles. The molecule has 3 N–H and O–H groups in total. The molecule has 0 bridgehead atoms. The maximum Gasteiger partial charge on any atom is 0.241 e. The molecule has 0 radical (unpaired) electrons. The van der Waals surface area contributed by atoms with Crippen LogP contribution >= 0.6 is 28.3 Å². The van der Waals surface area contributed by atoms with Crippen LogP contribution in [0.2, 0.25) is 0 Å². The number of anilines is 1. The summed E-state index contributed by atoms with van der Waals surface area (Å²) in [6.45, 7) is 3.73. The Morgan fingerprint density at radius 1 is 1.47 bits per heavy atom. The first-order chi connectivity index (χ1) is 7.41. The maximum atomic E-state index is 12.9. The first kappa shape index (κ1) is 16.4. The fraction of sp³-hybridized carbons (Fsp3) is 0.364. The average Bonchev–Trinajstić information content (AvgIpc) is 2.22. The third kappa shape index (κ3) is 4.61. The molecule has 0 spiro atoms. The van der Waals surface area contributed by atoms with E-state index in [0.29, 0.717) is 10.2 Å². The summed E-state index contributed by atoms with van der Waals surface area (Å²) in [6, 6.07) is 3.70. The number of amides is 1. The number of nitrogens with two attached hydrogens (primary N) is 1. The van der Waals surface area contributed by atoms with E-state index >= 15 is 0 Å². The van der Waals surface area contributed by atoms with E-state index in [2.05, 4.69) is 21.2 Å². The molecular weight excluding hydrogens is 310 g/mol. The Kier molecular flexibility index (Phi) is 6.67. The molecule has 0 aliphatic rings. The van der Waals surface area contributed by atoms with Gasteiger partial charge >= 0.3 is 0 Å². The zero-order valence-corrected chi connectivity index (χ0v) is 11.9. The Hall–Kier alpha value is -0.650. The summed E-state index contributed by atoms with van der Waals surface area (Å²) in [6.07, 6.45) is 0. The number of nitrogens with one attached hydrogen (secondary N) is 1. The molecule has 1 amide bonds. The molecule has 0 aliphatic heterocycles. The number of benzene rings is 1. The van der Waals surface area contributed by atoms with Crippen molar-refractivity contribution in [2.45, 2.75) is 19.9 Å². The predicted molar refractivity (Wildman–Crippen MR) is 72.8 cm³/mol. The summed E-state index contributed by atoms with van der Waals surface area (Å²) < 4.78 is 13.2. The van der Waals surface area contributed by atoms with Crippen LogP contribution in [-0.2, 0) is 4.79 Å². The molecule has 0 fully saturated rings. The molecule has 1 aromatic rings. The molecule has 0 aliphatic carbocycles. The van der Waals surface area contributed by atoms with Crippen LogP contribution in [0.3, 0.4) is 0 Å². The van der Waals surface area contributed by atoms with E-state index in [4.69, 9.17) is 5.73 Å². The highest BCUT2D eigenvalue weighted by atomic mass is 79.9. The summed E-state index contributed by atoms with van der Waals surface area (Å²) >= 11 is 3.04. The first-order valence-electron chi connectivity index (χ1n) is 4.93. The van der Waals surface area contributed by atoms with Gasteiger partial charge in [0.05, 0.1) is 10.5 Å². The zero-order chi connectivity index (χ0) is 12.3. The number of rotatable bonds is 3. The SMILES string of the molecule is CC(C)[C@@H](N)C(=O)Nc1ccc(F)c(Br)c1.Cl. The highest BCUT2D eigenvalue weighted by Gasteiger charge is 2.17. The Balaban J connectivity index is 0.00000256. The molecule has 17 heavy (non-hydrogen) atoms. The summed E-state index contributed by atoms with van der Waals surface area (Å²) in [7, 11) is 0. The number of carbonyl (C=O) groups excluding carboxylic acids is 1. The van der Waals surface area contributed by atoms with E-state index in [9.17, 15) is 9.18 Å². The van der Waals surface area contributed by atoms with Crippen LogP contribution in [0.1, 0.15) is 13.8 Å². The average molecular weight is 326 g/mol. The van der Waals surface area contributed by atoms with Crippen molar-refractivity contribution in [3.8, 4) is 0 Å². The monoisotopic (exact) mass is 324 g/mol. The number of halogens is 3. The summed E-state index contributed by atoms with van der Waals surface area (Å²) in [5.41, 5.74) is 6.20. The maximum absolute atomic E-state index is 12.9. The molecule has 0 saturated heterocycles. The molecule has 6 heteroatoms. The van der Waals surface area contributed by atoms with Crippen molar-refractivity contribution >= 4 is 39.9 Å². The second-order valence-electron chi connectivity index (χ2n) is 3.89. The van der Waals surface area contributed by atoms with E-state index in [1.807, 2.05) is 13.8 Å². The lowest BCUT2D eigenvalue weighted by atomic mass is 10.1. The Morgan fingerprint density at radius 3 is 2.53 bits per heavy atom. The van der Waals surface area contributed by atoms with E-state index < -0.39 is 6.04 Å². The lowest BCUT2D eigenvalue weighted by Gasteiger charge is -2.15. The minimum absolute atomic E-state index is 0. The minimum atomic E-state index is -0.566. The third-order valence-electron chi connectivity index (χ3n) is 2.21. The quantitative estimate of drug-likeness (QED) is 0.898. The largest absolute Gasteiger partial charge is 0.325 e. The topological polar surface area (TPSA) is 55.1 Å². The molecule has 1 atom stereocenters. The summed E-state index contributed by atoms with van der Waals surface area (Å²) in [4.78, 5) is 11.6. The van der Waals surface area contributed by atoms with Crippen LogP contribution in [0.4, 0.5) is 10.1 Å². The van der Waals surface area contributed by atoms with Gasteiger partial charge < -0.3 is 11.1 Å². The van der Waals surface area contributed by atoms with Crippen molar-refractivity contribution in [1.29, 1.82) is 0 Å². The van der Waals surface area contributed by atoms with Gasteiger partial charge in [-0.1, -0.05) is 13.8 Å². The van der Waals surface area contributed by atoms with Crippen molar-refractivity contribution in [3.63, 3.8) is 0 Å². The molecule has 3 nitrogen and oxygen atoms in total. The van der Waals surface area contributed by atoms with Gasteiger partial charge in [-0.15, -0.1) is 12.4 Å². The van der Waals surface area contributed by atoms with Crippen LogP contribution in [0.25, 0.3) is 0 Å². The molecule has 96 valence electrons. The van der Waals surface area contributed by atoms with Gasteiger partial charge in [0.2, 0.25) is 5.91 Å². The summed E-state index contributed by atoms with van der Waals surface area (Å²) in [5, 5.41) is 2.63. The van der Waals surface area contributed by atoms with E-state index in [-0.39, 0.29) is 30.0 Å². The van der Waals surface area contributed by atoms with Crippen molar-refractivity contribution in [1.82, 2.24) is 0 Å². The fourth-order valence-corrected chi connectivity index (χ4v) is 1.48. The molecule has 0 heterocycles. The van der Waals surface area contributed by atoms with Gasteiger partial charge in [-0.2, -0.15) is 0 Å². The standard InChI is InChI=1S/C11H14BrFN2O.ClH/c1-6(2)10(14)11(16)15-7-3-4-9(13)8(12)5-7;/h3-6,10H,14H2,1-2H3,(H,15,16);1H/t10-;/m1./s1. The highest BCUT2D eigenvalue weighted by Crippen LogP contribution is 2.20. The van der Waals surface area contributed by atoms with Crippen LogP contribution < -0.4 is 11.1 Å². The van der Waals surface area contributed by atoms with E-state index in [0.717, 1.165) is 0 Å². The Morgan fingerprint density at radius 2 is 2.06 bits per heavy atom. The smallest absolute Gasteiger partial charge is 0.241 e. The van der Waals surface area contributed by atoms with Crippen molar-refractivity contribution in [2.24, 2.45) is 11.7 Å². The Bertz CT molecular complexity index is 401. The highest BCUT2D eigenvalue weighted by molar-refractivity contribution is 9.10. The van der Waals surface area contributed by atoms with E-state index in [1.54, 1.807) is 0 Å². The summed E-state index contributed by atoms with van der Waals surface area (Å²) in [5.74, 6) is -0.580.